The summed E-state index contributed by atoms with van der Waals surface area (Å²) >= 11 is 3.35. The first-order chi connectivity index (χ1) is 9.22. The second-order valence-corrected chi connectivity index (χ2v) is 5.71. The Hall–Kier alpha value is -0.830. The molecule has 0 amide bonds. The summed E-state index contributed by atoms with van der Waals surface area (Å²) in [5.41, 5.74) is 0. The van der Waals surface area contributed by atoms with E-state index in [1.54, 1.807) is 12.1 Å². The number of carbonyl (C=O) groups excluding carboxylic acids is 1. The van der Waals surface area contributed by atoms with Gasteiger partial charge < -0.3 is 4.74 Å². The molecule has 0 saturated heterocycles. The van der Waals surface area contributed by atoms with Crippen molar-refractivity contribution in [3.63, 3.8) is 0 Å². The number of unbranched alkanes of at least 4 members (excludes halogenated alkanes) is 6. The highest BCUT2D eigenvalue weighted by Crippen LogP contribution is 2.17. The molecule has 0 bridgehead atoms. The lowest BCUT2D eigenvalue weighted by Gasteiger charge is -2.04. The minimum atomic E-state index is -0.129. The van der Waals surface area contributed by atoms with E-state index in [-0.39, 0.29) is 5.97 Å². The molecule has 0 aliphatic rings. The summed E-state index contributed by atoms with van der Waals surface area (Å²) in [4.78, 5) is 11.6. The van der Waals surface area contributed by atoms with E-state index in [0.29, 0.717) is 12.2 Å². The van der Waals surface area contributed by atoms with Gasteiger partial charge in [0, 0.05) is 10.9 Å². The number of esters is 1. The van der Waals surface area contributed by atoms with E-state index in [1.807, 2.05) is 12.1 Å². The van der Waals surface area contributed by atoms with Gasteiger partial charge in [0.1, 0.15) is 5.75 Å². The van der Waals surface area contributed by atoms with E-state index >= 15 is 0 Å². The van der Waals surface area contributed by atoms with Crippen LogP contribution in [-0.2, 0) is 4.79 Å². The number of halogens is 1. The average Bonchev–Trinajstić information content (AvgIpc) is 2.40. The van der Waals surface area contributed by atoms with Gasteiger partial charge in [0.05, 0.1) is 0 Å². The first kappa shape index (κ1) is 16.2. The zero-order valence-corrected chi connectivity index (χ0v) is 13.2. The molecule has 0 atom stereocenters. The fraction of sp³-hybridized carbons (Fsp3) is 0.562. The molecule has 0 fully saturated rings. The van der Waals surface area contributed by atoms with Crippen LogP contribution in [0.1, 0.15) is 58.3 Å². The maximum Gasteiger partial charge on any atom is 0.311 e. The molecule has 0 aliphatic carbocycles. The van der Waals surface area contributed by atoms with E-state index < -0.39 is 0 Å². The molecule has 1 aromatic rings. The fourth-order valence-corrected chi connectivity index (χ4v) is 2.18. The van der Waals surface area contributed by atoms with Gasteiger partial charge in [0.2, 0.25) is 0 Å². The van der Waals surface area contributed by atoms with Crippen molar-refractivity contribution in [2.24, 2.45) is 0 Å². The van der Waals surface area contributed by atoms with Crippen molar-refractivity contribution in [1.82, 2.24) is 0 Å². The molecule has 1 rings (SSSR count). The number of ether oxygens (including phenoxy) is 1. The maximum absolute atomic E-state index is 11.6. The Morgan fingerprint density at radius 2 is 1.58 bits per heavy atom. The van der Waals surface area contributed by atoms with Crippen molar-refractivity contribution < 1.29 is 9.53 Å². The van der Waals surface area contributed by atoms with Crippen molar-refractivity contribution in [2.75, 3.05) is 0 Å². The quantitative estimate of drug-likeness (QED) is 0.340. The van der Waals surface area contributed by atoms with Crippen molar-refractivity contribution >= 4 is 21.9 Å². The van der Waals surface area contributed by atoms with Gasteiger partial charge in [-0.3, -0.25) is 4.79 Å². The number of carbonyl (C=O) groups is 1. The third kappa shape index (κ3) is 8.04. The van der Waals surface area contributed by atoms with Crippen LogP contribution in [0.15, 0.2) is 28.7 Å². The van der Waals surface area contributed by atoms with Gasteiger partial charge in [-0.15, -0.1) is 0 Å². The second-order valence-electron chi connectivity index (χ2n) is 4.80. The monoisotopic (exact) mass is 326 g/mol. The summed E-state index contributed by atoms with van der Waals surface area (Å²) < 4.78 is 6.24. The standard InChI is InChI=1S/C16H23BrO2/c1-2-3-4-5-6-7-8-9-16(18)19-15-12-10-14(17)11-13-15/h10-13H,2-9H2,1H3. The Labute approximate surface area is 124 Å². The van der Waals surface area contributed by atoms with Gasteiger partial charge >= 0.3 is 5.97 Å². The summed E-state index contributed by atoms with van der Waals surface area (Å²) in [6.45, 7) is 2.22. The molecule has 0 aliphatic heterocycles. The zero-order chi connectivity index (χ0) is 13.9. The van der Waals surface area contributed by atoms with Crippen LogP contribution in [-0.4, -0.2) is 5.97 Å². The molecule has 2 nitrogen and oxygen atoms in total. The van der Waals surface area contributed by atoms with E-state index in [0.717, 1.165) is 17.3 Å². The Balaban J connectivity index is 2.06. The van der Waals surface area contributed by atoms with Crippen LogP contribution in [0.5, 0.6) is 5.75 Å². The van der Waals surface area contributed by atoms with Crippen LogP contribution in [0, 0.1) is 0 Å². The van der Waals surface area contributed by atoms with Gasteiger partial charge in [-0.2, -0.15) is 0 Å². The van der Waals surface area contributed by atoms with Crippen LogP contribution in [0.3, 0.4) is 0 Å². The topological polar surface area (TPSA) is 26.3 Å². The molecule has 0 aromatic heterocycles. The summed E-state index contributed by atoms with van der Waals surface area (Å²) in [5.74, 6) is 0.493. The molecule has 0 unspecified atom stereocenters. The first-order valence-electron chi connectivity index (χ1n) is 7.18. The normalized spacial score (nSPS) is 10.4. The Morgan fingerprint density at radius 3 is 2.21 bits per heavy atom. The molecule has 0 saturated carbocycles. The van der Waals surface area contributed by atoms with Gasteiger partial charge in [0.15, 0.2) is 0 Å². The summed E-state index contributed by atoms with van der Waals surface area (Å²) in [6, 6.07) is 7.34. The molecule has 0 radical (unpaired) electrons. The maximum atomic E-state index is 11.6. The lowest BCUT2D eigenvalue weighted by Crippen LogP contribution is -2.07. The summed E-state index contributed by atoms with van der Waals surface area (Å²) in [7, 11) is 0. The molecule has 0 spiro atoms. The highest BCUT2D eigenvalue weighted by Gasteiger charge is 2.04. The molecular formula is C16H23BrO2. The third-order valence-corrected chi connectivity index (χ3v) is 3.56. The van der Waals surface area contributed by atoms with Crippen molar-refractivity contribution in [2.45, 2.75) is 58.3 Å². The van der Waals surface area contributed by atoms with Crippen LogP contribution in [0.4, 0.5) is 0 Å². The molecule has 0 heterocycles. The van der Waals surface area contributed by atoms with E-state index in [4.69, 9.17) is 4.74 Å². The van der Waals surface area contributed by atoms with Crippen molar-refractivity contribution in [1.29, 1.82) is 0 Å². The number of rotatable bonds is 9. The summed E-state index contributed by atoms with van der Waals surface area (Å²) in [5, 5.41) is 0. The van der Waals surface area contributed by atoms with E-state index in [9.17, 15) is 4.79 Å². The molecule has 19 heavy (non-hydrogen) atoms. The van der Waals surface area contributed by atoms with Crippen LogP contribution >= 0.6 is 15.9 Å². The van der Waals surface area contributed by atoms with Crippen molar-refractivity contribution in [3.05, 3.63) is 28.7 Å². The van der Waals surface area contributed by atoms with Crippen LogP contribution < -0.4 is 4.74 Å². The van der Waals surface area contributed by atoms with E-state index in [1.165, 1.54) is 32.1 Å². The van der Waals surface area contributed by atoms with Gasteiger partial charge in [0.25, 0.3) is 0 Å². The minimum Gasteiger partial charge on any atom is -0.427 e. The average molecular weight is 327 g/mol. The number of hydrogen-bond acceptors (Lipinski definition) is 2. The Bertz CT molecular complexity index is 360. The lowest BCUT2D eigenvalue weighted by molar-refractivity contribution is -0.134. The molecule has 1 aromatic carbocycles. The van der Waals surface area contributed by atoms with Crippen LogP contribution in [0.2, 0.25) is 0 Å². The molecule has 106 valence electrons. The van der Waals surface area contributed by atoms with Crippen molar-refractivity contribution in [3.8, 4) is 5.75 Å². The van der Waals surface area contributed by atoms with Gasteiger partial charge in [-0.1, -0.05) is 61.4 Å². The second kappa shape index (κ2) is 10.0. The number of benzene rings is 1. The highest BCUT2D eigenvalue weighted by molar-refractivity contribution is 9.10. The first-order valence-corrected chi connectivity index (χ1v) is 7.98. The minimum absolute atomic E-state index is 0.129. The van der Waals surface area contributed by atoms with E-state index in [2.05, 4.69) is 22.9 Å². The lowest BCUT2D eigenvalue weighted by atomic mass is 10.1. The number of hydrogen-bond donors (Lipinski definition) is 0. The van der Waals surface area contributed by atoms with Gasteiger partial charge in [-0.05, 0) is 30.7 Å². The smallest absolute Gasteiger partial charge is 0.311 e. The third-order valence-electron chi connectivity index (χ3n) is 3.03. The molecule has 0 N–H and O–H groups in total. The predicted molar refractivity (Wildman–Crippen MR) is 82.4 cm³/mol. The predicted octanol–water partition coefficient (Wildman–Crippen LogP) is 5.50. The molecule has 3 heteroatoms. The molecular weight excluding hydrogens is 304 g/mol. The fourth-order valence-electron chi connectivity index (χ4n) is 1.91. The zero-order valence-electron chi connectivity index (χ0n) is 11.7. The Morgan fingerprint density at radius 1 is 1.00 bits per heavy atom. The largest absolute Gasteiger partial charge is 0.427 e. The SMILES string of the molecule is CCCCCCCCCC(=O)Oc1ccc(Br)cc1. The van der Waals surface area contributed by atoms with Crippen LogP contribution in [0.25, 0.3) is 0 Å². The van der Waals surface area contributed by atoms with Gasteiger partial charge in [-0.25, -0.2) is 0 Å². The Kier molecular flexibility index (Phi) is 8.55. The highest BCUT2D eigenvalue weighted by atomic mass is 79.9. The summed E-state index contributed by atoms with van der Waals surface area (Å²) in [6.07, 6.45) is 9.01.